The first-order valence-corrected chi connectivity index (χ1v) is 9.83. The maximum Gasteiger partial charge on any atom is 0.260 e. The Labute approximate surface area is 166 Å². The van der Waals surface area contributed by atoms with Crippen molar-refractivity contribution in [1.82, 2.24) is 4.90 Å². The number of carbonyl (C=O) groups is 1. The Bertz CT molecular complexity index is 781. The lowest BCUT2D eigenvalue weighted by molar-refractivity contribution is -0.133. The van der Waals surface area contributed by atoms with Crippen molar-refractivity contribution in [3.05, 3.63) is 58.6 Å². The summed E-state index contributed by atoms with van der Waals surface area (Å²) < 4.78 is 5.68. The van der Waals surface area contributed by atoms with Crippen LogP contribution in [-0.4, -0.2) is 43.6 Å². The molecule has 0 bridgehead atoms. The zero-order valence-electron chi connectivity index (χ0n) is 16.2. The average Bonchev–Trinajstić information content (AvgIpc) is 2.68. The molecule has 3 rings (SSSR count). The summed E-state index contributed by atoms with van der Waals surface area (Å²) in [5.41, 5.74) is 3.62. The molecule has 1 fully saturated rings. The van der Waals surface area contributed by atoms with E-state index < -0.39 is 0 Å². The number of halogens is 1. The molecule has 4 nitrogen and oxygen atoms in total. The van der Waals surface area contributed by atoms with Crippen LogP contribution in [0.2, 0.25) is 5.02 Å². The van der Waals surface area contributed by atoms with Crippen LogP contribution < -0.4 is 9.64 Å². The van der Waals surface area contributed by atoms with Gasteiger partial charge in [-0.3, -0.25) is 4.79 Å². The van der Waals surface area contributed by atoms with Crippen LogP contribution in [0.3, 0.4) is 0 Å². The summed E-state index contributed by atoms with van der Waals surface area (Å²) in [4.78, 5) is 16.6. The number of hydrogen-bond donors (Lipinski definition) is 0. The number of benzene rings is 2. The van der Waals surface area contributed by atoms with Gasteiger partial charge in [0.2, 0.25) is 0 Å². The number of hydrogen-bond acceptors (Lipinski definition) is 3. The maximum atomic E-state index is 12.5. The Morgan fingerprint density at radius 2 is 1.74 bits per heavy atom. The molecule has 1 aliphatic rings. The second-order valence-electron chi connectivity index (χ2n) is 7.31. The minimum Gasteiger partial charge on any atom is -0.484 e. The highest BCUT2D eigenvalue weighted by Gasteiger charge is 2.22. The Balaban J connectivity index is 1.50. The van der Waals surface area contributed by atoms with Crippen LogP contribution in [0.4, 0.5) is 5.69 Å². The molecule has 0 atom stereocenters. The van der Waals surface area contributed by atoms with E-state index in [4.69, 9.17) is 16.3 Å². The molecule has 0 aliphatic carbocycles. The second-order valence-corrected chi connectivity index (χ2v) is 7.75. The predicted octanol–water partition coefficient (Wildman–Crippen LogP) is 4.50. The van der Waals surface area contributed by atoms with Gasteiger partial charge in [0.1, 0.15) is 5.75 Å². The number of nitrogens with zero attached hydrogens (tertiary/aromatic N) is 2. The summed E-state index contributed by atoms with van der Waals surface area (Å²) in [6, 6.07) is 13.9. The van der Waals surface area contributed by atoms with Gasteiger partial charge in [0.05, 0.1) is 0 Å². The molecule has 0 saturated carbocycles. The molecule has 0 radical (unpaired) electrons. The van der Waals surface area contributed by atoms with E-state index in [9.17, 15) is 4.79 Å². The van der Waals surface area contributed by atoms with Crippen molar-refractivity contribution in [3.63, 3.8) is 0 Å². The monoisotopic (exact) mass is 386 g/mol. The van der Waals surface area contributed by atoms with Crippen molar-refractivity contribution in [2.45, 2.75) is 26.7 Å². The molecule has 1 heterocycles. The summed E-state index contributed by atoms with van der Waals surface area (Å²) in [5, 5.41) is 0.742. The van der Waals surface area contributed by atoms with Crippen molar-refractivity contribution < 1.29 is 9.53 Å². The molecule has 2 aromatic rings. The first-order valence-electron chi connectivity index (χ1n) is 9.45. The molecule has 2 aromatic carbocycles. The molecule has 0 N–H and O–H groups in total. The SMILES string of the molecule is Cc1ccc(Cl)cc1N1CCN(C(=O)COc2ccc(C(C)C)cc2)CC1. The number of piperazine rings is 1. The van der Waals surface area contributed by atoms with E-state index >= 15 is 0 Å². The zero-order valence-corrected chi connectivity index (χ0v) is 17.0. The van der Waals surface area contributed by atoms with Gasteiger partial charge in [-0.25, -0.2) is 0 Å². The van der Waals surface area contributed by atoms with Crippen LogP contribution in [0, 0.1) is 6.92 Å². The largest absolute Gasteiger partial charge is 0.484 e. The van der Waals surface area contributed by atoms with Crippen LogP contribution in [0.25, 0.3) is 0 Å². The van der Waals surface area contributed by atoms with Crippen LogP contribution in [-0.2, 0) is 4.79 Å². The van der Waals surface area contributed by atoms with Crippen LogP contribution in [0.15, 0.2) is 42.5 Å². The van der Waals surface area contributed by atoms with E-state index in [0.29, 0.717) is 19.0 Å². The molecular weight excluding hydrogens is 360 g/mol. The number of anilines is 1. The highest BCUT2D eigenvalue weighted by molar-refractivity contribution is 6.30. The maximum absolute atomic E-state index is 12.5. The number of amides is 1. The zero-order chi connectivity index (χ0) is 19.4. The standard InChI is InChI=1S/C22H27ClN2O2/c1-16(2)18-5-8-20(9-6-18)27-15-22(26)25-12-10-24(11-13-25)21-14-19(23)7-4-17(21)3/h4-9,14,16H,10-13,15H2,1-3H3. The van der Waals surface area contributed by atoms with Gasteiger partial charge in [-0.1, -0.05) is 43.6 Å². The van der Waals surface area contributed by atoms with E-state index in [-0.39, 0.29) is 12.5 Å². The van der Waals surface area contributed by atoms with Gasteiger partial charge in [-0.15, -0.1) is 0 Å². The summed E-state index contributed by atoms with van der Waals surface area (Å²) in [5.74, 6) is 1.26. The minimum atomic E-state index is 0.0328. The fourth-order valence-corrected chi connectivity index (χ4v) is 3.47. The van der Waals surface area contributed by atoms with E-state index in [1.165, 1.54) is 11.1 Å². The third-order valence-electron chi connectivity index (χ3n) is 5.05. The molecule has 0 spiro atoms. The second kappa shape index (κ2) is 8.66. The van der Waals surface area contributed by atoms with Crippen molar-refractivity contribution in [1.29, 1.82) is 0 Å². The number of rotatable bonds is 5. The van der Waals surface area contributed by atoms with E-state index in [0.717, 1.165) is 29.5 Å². The lowest BCUT2D eigenvalue weighted by atomic mass is 10.0. The van der Waals surface area contributed by atoms with Crippen LogP contribution in [0.1, 0.15) is 30.9 Å². The first-order chi connectivity index (χ1) is 12.9. The van der Waals surface area contributed by atoms with Gasteiger partial charge in [-0.2, -0.15) is 0 Å². The summed E-state index contributed by atoms with van der Waals surface area (Å²) in [6.45, 7) is 9.47. The van der Waals surface area contributed by atoms with Crippen molar-refractivity contribution in [2.75, 3.05) is 37.7 Å². The normalized spacial score (nSPS) is 14.6. The Hall–Kier alpha value is -2.20. The molecule has 0 aromatic heterocycles. The van der Waals surface area contributed by atoms with Gasteiger partial charge in [0, 0.05) is 36.9 Å². The summed E-state index contributed by atoms with van der Waals surface area (Å²) in [7, 11) is 0. The molecule has 0 unspecified atom stereocenters. The van der Waals surface area contributed by atoms with Crippen molar-refractivity contribution in [3.8, 4) is 5.75 Å². The van der Waals surface area contributed by atoms with Crippen molar-refractivity contribution >= 4 is 23.2 Å². The van der Waals surface area contributed by atoms with Crippen molar-refractivity contribution in [2.24, 2.45) is 0 Å². The third kappa shape index (κ3) is 4.95. The topological polar surface area (TPSA) is 32.8 Å². The molecular formula is C22H27ClN2O2. The van der Waals surface area contributed by atoms with Gasteiger partial charge in [0.25, 0.3) is 5.91 Å². The Morgan fingerprint density at radius 3 is 2.37 bits per heavy atom. The average molecular weight is 387 g/mol. The molecule has 1 amide bonds. The molecule has 1 saturated heterocycles. The van der Waals surface area contributed by atoms with Crippen LogP contribution in [0.5, 0.6) is 5.75 Å². The van der Waals surface area contributed by atoms with Gasteiger partial charge in [-0.05, 0) is 48.2 Å². The smallest absolute Gasteiger partial charge is 0.260 e. The number of aryl methyl sites for hydroxylation is 1. The van der Waals surface area contributed by atoms with E-state index in [2.05, 4.69) is 37.8 Å². The number of ether oxygens (including phenoxy) is 1. The fraction of sp³-hybridized carbons (Fsp3) is 0.409. The van der Waals surface area contributed by atoms with Gasteiger partial charge >= 0.3 is 0 Å². The minimum absolute atomic E-state index is 0.0328. The van der Waals surface area contributed by atoms with E-state index in [1.54, 1.807) is 0 Å². The molecule has 1 aliphatic heterocycles. The Morgan fingerprint density at radius 1 is 1.07 bits per heavy atom. The molecule has 144 valence electrons. The highest BCUT2D eigenvalue weighted by atomic mass is 35.5. The predicted molar refractivity (Wildman–Crippen MR) is 111 cm³/mol. The number of carbonyl (C=O) groups excluding carboxylic acids is 1. The lowest BCUT2D eigenvalue weighted by Crippen LogP contribution is -2.50. The lowest BCUT2D eigenvalue weighted by Gasteiger charge is -2.36. The van der Waals surface area contributed by atoms with Gasteiger partial charge in [0.15, 0.2) is 6.61 Å². The molecule has 5 heteroatoms. The molecule has 27 heavy (non-hydrogen) atoms. The first kappa shape index (κ1) is 19.6. The summed E-state index contributed by atoms with van der Waals surface area (Å²) in [6.07, 6.45) is 0. The highest BCUT2D eigenvalue weighted by Crippen LogP contribution is 2.25. The van der Waals surface area contributed by atoms with Crippen LogP contribution >= 0.6 is 11.6 Å². The Kier molecular flexibility index (Phi) is 6.27. The summed E-state index contributed by atoms with van der Waals surface area (Å²) >= 11 is 6.13. The van der Waals surface area contributed by atoms with E-state index in [1.807, 2.05) is 35.2 Å². The quantitative estimate of drug-likeness (QED) is 0.758. The fourth-order valence-electron chi connectivity index (χ4n) is 3.31. The van der Waals surface area contributed by atoms with Gasteiger partial charge < -0.3 is 14.5 Å². The third-order valence-corrected chi connectivity index (χ3v) is 5.29.